The third-order valence-corrected chi connectivity index (χ3v) is 4.82. The molecule has 2 N–H and O–H groups in total. The molecule has 11 heteroatoms. The highest BCUT2D eigenvalue weighted by atomic mass is 32.2. The lowest BCUT2D eigenvalue weighted by Gasteiger charge is -2.12. The van der Waals surface area contributed by atoms with Crippen LogP contribution in [0.4, 0.5) is 14.5 Å². The van der Waals surface area contributed by atoms with Crippen molar-refractivity contribution < 1.29 is 23.0 Å². The molecule has 3 rings (SSSR count). The summed E-state index contributed by atoms with van der Waals surface area (Å²) in [5.41, 5.74) is -0.230. The van der Waals surface area contributed by atoms with Gasteiger partial charge in [0.15, 0.2) is 5.16 Å². The van der Waals surface area contributed by atoms with Crippen molar-refractivity contribution >= 4 is 23.4 Å². The van der Waals surface area contributed by atoms with Crippen LogP contribution >= 0.6 is 11.8 Å². The highest BCUT2D eigenvalue weighted by Gasteiger charge is 2.20. The third kappa shape index (κ3) is 5.30. The Bertz CT molecular complexity index is 836. The molecular weight excluding hydrogens is 382 g/mol. The number of hydrogen-bond donors (Lipinski definition) is 2. The number of benzene rings is 1. The van der Waals surface area contributed by atoms with E-state index >= 15 is 0 Å². The van der Waals surface area contributed by atoms with Gasteiger partial charge >= 0.3 is 12.3 Å². The summed E-state index contributed by atoms with van der Waals surface area (Å²) < 4.78 is 36.2. The minimum absolute atomic E-state index is 0.0492. The maximum atomic E-state index is 12.4. The molecule has 0 aliphatic carbocycles. The van der Waals surface area contributed by atoms with Gasteiger partial charge in [0.2, 0.25) is 5.91 Å². The highest BCUT2D eigenvalue weighted by Crippen LogP contribution is 2.26. The van der Waals surface area contributed by atoms with Crippen molar-refractivity contribution in [2.75, 3.05) is 17.7 Å². The molecule has 0 saturated carbocycles. The lowest BCUT2D eigenvalue weighted by atomic mass is 10.2. The standard InChI is InChI=1S/C16H18F2N4O4S/c17-14(18)26-12-6-2-1-5-11(12)19-13(23)9-27-16-21-20-15(24)22(16)8-10-4-3-7-25-10/h1-2,5-6,10,14H,3-4,7-9H2,(H,19,23)(H,20,24)/t10-/m0/s1. The lowest BCUT2D eigenvalue weighted by Crippen LogP contribution is -2.25. The summed E-state index contributed by atoms with van der Waals surface area (Å²) in [7, 11) is 0. The van der Waals surface area contributed by atoms with Gasteiger partial charge in [-0.05, 0) is 25.0 Å². The number of carbonyl (C=O) groups is 1. The quantitative estimate of drug-likeness (QED) is 0.659. The Morgan fingerprint density at radius 2 is 2.30 bits per heavy atom. The van der Waals surface area contributed by atoms with E-state index < -0.39 is 12.5 Å². The maximum absolute atomic E-state index is 12.4. The third-order valence-electron chi connectivity index (χ3n) is 3.84. The number of carbonyl (C=O) groups excluding carboxylic acids is 1. The number of nitrogens with one attached hydrogen (secondary N) is 2. The molecule has 8 nitrogen and oxygen atoms in total. The van der Waals surface area contributed by atoms with E-state index in [1.807, 2.05) is 0 Å². The van der Waals surface area contributed by atoms with Crippen LogP contribution in [-0.4, -0.2) is 45.7 Å². The summed E-state index contributed by atoms with van der Waals surface area (Å²) >= 11 is 1.06. The van der Waals surface area contributed by atoms with Crippen LogP contribution in [-0.2, 0) is 16.1 Å². The lowest BCUT2D eigenvalue weighted by molar-refractivity contribution is -0.113. The molecule has 1 aromatic heterocycles. The van der Waals surface area contributed by atoms with E-state index in [-0.39, 0.29) is 29.0 Å². The van der Waals surface area contributed by atoms with Crippen LogP contribution in [0.5, 0.6) is 5.75 Å². The minimum Gasteiger partial charge on any atom is -0.433 e. The monoisotopic (exact) mass is 400 g/mol. The average Bonchev–Trinajstić information content (AvgIpc) is 3.26. The number of hydrogen-bond acceptors (Lipinski definition) is 6. The number of aromatic amines is 1. The number of alkyl halides is 2. The fourth-order valence-electron chi connectivity index (χ4n) is 2.65. The van der Waals surface area contributed by atoms with Crippen LogP contribution < -0.4 is 15.7 Å². The van der Waals surface area contributed by atoms with E-state index in [0.29, 0.717) is 18.3 Å². The molecule has 0 bridgehead atoms. The average molecular weight is 400 g/mol. The van der Waals surface area contributed by atoms with E-state index in [1.54, 1.807) is 6.07 Å². The van der Waals surface area contributed by atoms with Gasteiger partial charge in [-0.25, -0.2) is 9.89 Å². The summed E-state index contributed by atoms with van der Waals surface area (Å²) in [5.74, 6) is -0.621. The molecular formula is C16H18F2N4O4S. The van der Waals surface area contributed by atoms with Gasteiger partial charge in [0.05, 0.1) is 24.1 Å². The number of amides is 1. The van der Waals surface area contributed by atoms with Crippen LogP contribution in [0.1, 0.15) is 12.8 Å². The molecule has 1 aliphatic rings. The number of para-hydroxylation sites is 2. The number of aromatic nitrogens is 3. The zero-order valence-electron chi connectivity index (χ0n) is 14.2. The first-order valence-electron chi connectivity index (χ1n) is 8.26. The van der Waals surface area contributed by atoms with Crippen molar-refractivity contribution in [1.29, 1.82) is 0 Å². The molecule has 0 radical (unpaired) electrons. The Balaban J connectivity index is 1.59. The predicted molar refractivity (Wildman–Crippen MR) is 94.2 cm³/mol. The van der Waals surface area contributed by atoms with Crippen molar-refractivity contribution in [2.24, 2.45) is 0 Å². The van der Waals surface area contributed by atoms with Gasteiger partial charge in [-0.15, -0.1) is 5.10 Å². The van der Waals surface area contributed by atoms with E-state index in [0.717, 1.165) is 24.6 Å². The van der Waals surface area contributed by atoms with E-state index in [1.165, 1.54) is 22.8 Å². The van der Waals surface area contributed by atoms with Crippen LogP contribution in [0.3, 0.4) is 0 Å². The van der Waals surface area contributed by atoms with Gasteiger partial charge in [0.25, 0.3) is 0 Å². The summed E-state index contributed by atoms with van der Waals surface area (Å²) in [4.78, 5) is 24.1. The van der Waals surface area contributed by atoms with Crippen molar-refractivity contribution in [3.63, 3.8) is 0 Å². The molecule has 27 heavy (non-hydrogen) atoms. The molecule has 1 atom stereocenters. The first kappa shape index (κ1) is 19.4. The minimum atomic E-state index is -2.99. The Hall–Kier alpha value is -2.40. The highest BCUT2D eigenvalue weighted by molar-refractivity contribution is 7.99. The number of halogens is 2. The van der Waals surface area contributed by atoms with Crippen molar-refractivity contribution in [2.45, 2.75) is 37.3 Å². The zero-order chi connectivity index (χ0) is 19.2. The molecule has 0 spiro atoms. The van der Waals surface area contributed by atoms with Crippen molar-refractivity contribution in [3.05, 3.63) is 34.7 Å². The largest absolute Gasteiger partial charge is 0.433 e. The van der Waals surface area contributed by atoms with Crippen LogP contribution in [0.25, 0.3) is 0 Å². The van der Waals surface area contributed by atoms with Crippen molar-refractivity contribution in [1.82, 2.24) is 14.8 Å². The molecule has 1 aromatic carbocycles. The number of rotatable bonds is 8. The smallest absolute Gasteiger partial charge is 0.387 e. The number of anilines is 1. The van der Waals surface area contributed by atoms with Crippen LogP contribution in [0.2, 0.25) is 0 Å². The van der Waals surface area contributed by atoms with Gasteiger partial charge < -0.3 is 14.8 Å². The number of H-pyrrole nitrogens is 1. The molecule has 2 heterocycles. The summed E-state index contributed by atoms with van der Waals surface area (Å²) in [6.07, 6.45) is 1.76. The van der Waals surface area contributed by atoms with Gasteiger partial charge in [-0.3, -0.25) is 9.36 Å². The molecule has 0 unspecified atom stereocenters. The second-order valence-electron chi connectivity index (χ2n) is 5.77. The Labute approximate surface area is 157 Å². The first-order chi connectivity index (χ1) is 13.0. The predicted octanol–water partition coefficient (Wildman–Crippen LogP) is 2.08. The molecule has 1 fully saturated rings. The number of ether oxygens (including phenoxy) is 2. The summed E-state index contributed by atoms with van der Waals surface area (Å²) in [5, 5.41) is 9.17. The first-order valence-corrected chi connectivity index (χ1v) is 9.25. The maximum Gasteiger partial charge on any atom is 0.387 e. The zero-order valence-corrected chi connectivity index (χ0v) is 15.0. The summed E-state index contributed by atoms with van der Waals surface area (Å²) in [6.45, 7) is -1.96. The van der Waals surface area contributed by atoms with Gasteiger partial charge in [-0.1, -0.05) is 23.9 Å². The van der Waals surface area contributed by atoms with Crippen LogP contribution in [0, 0.1) is 0 Å². The normalized spacial score (nSPS) is 16.6. The Morgan fingerprint density at radius 3 is 3.04 bits per heavy atom. The van der Waals surface area contributed by atoms with Gasteiger partial charge in [0, 0.05) is 6.61 Å². The van der Waals surface area contributed by atoms with E-state index in [2.05, 4.69) is 20.3 Å². The number of nitrogens with zero attached hydrogens (tertiary/aromatic N) is 2. The van der Waals surface area contributed by atoms with E-state index in [9.17, 15) is 18.4 Å². The molecule has 1 aliphatic heterocycles. The molecule has 146 valence electrons. The second-order valence-corrected chi connectivity index (χ2v) is 6.71. The van der Waals surface area contributed by atoms with Crippen LogP contribution in [0.15, 0.2) is 34.2 Å². The fourth-order valence-corrected chi connectivity index (χ4v) is 3.41. The van der Waals surface area contributed by atoms with Crippen molar-refractivity contribution in [3.8, 4) is 5.75 Å². The topological polar surface area (TPSA) is 98.2 Å². The number of thioether (sulfide) groups is 1. The van der Waals surface area contributed by atoms with E-state index in [4.69, 9.17) is 4.74 Å². The SMILES string of the molecule is O=C(CSc1n[nH]c(=O)n1C[C@@H]1CCCO1)Nc1ccccc1OC(F)F. The fraction of sp³-hybridized carbons (Fsp3) is 0.438. The second kappa shape index (κ2) is 9.00. The Kier molecular flexibility index (Phi) is 6.45. The van der Waals surface area contributed by atoms with Gasteiger partial charge in [-0.2, -0.15) is 8.78 Å². The molecule has 1 saturated heterocycles. The molecule has 2 aromatic rings. The Morgan fingerprint density at radius 1 is 1.48 bits per heavy atom. The summed E-state index contributed by atoms with van der Waals surface area (Å²) in [6, 6.07) is 5.91. The molecule has 1 amide bonds. The van der Waals surface area contributed by atoms with Gasteiger partial charge in [0.1, 0.15) is 5.75 Å².